The number of hydrogen-bond donors (Lipinski definition) is 5. The molecule has 0 fully saturated rings. The lowest BCUT2D eigenvalue weighted by molar-refractivity contribution is 0.00522. The zero-order chi connectivity index (χ0) is 19.0. The third-order valence-corrected chi connectivity index (χ3v) is 3.78. The molecule has 0 heterocycles. The van der Waals surface area contributed by atoms with Gasteiger partial charge in [0.25, 0.3) is 0 Å². The van der Waals surface area contributed by atoms with Crippen molar-refractivity contribution in [3.63, 3.8) is 0 Å². The summed E-state index contributed by atoms with van der Waals surface area (Å²) in [4.78, 5) is 0. The van der Waals surface area contributed by atoms with Gasteiger partial charge in [-0.25, -0.2) is 0 Å². The van der Waals surface area contributed by atoms with Gasteiger partial charge < -0.3 is 30.3 Å². The smallest absolute Gasteiger partial charge is 0.100 e. The third kappa shape index (κ3) is 28.8. The van der Waals surface area contributed by atoms with Crippen LogP contribution in [-0.2, 0) is 4.74 Å². The molecule has 0 aliphatic carbocycles. The van der Waals surface area contributed by atoms with Crippen LogP contribution in [-0.4, -0.2) is 71.3 Å². The average molecular weight is 367 g/mol. The standard InChI is InChI=1S/C10H22O2.C9H20O4/c11-9-7-5-3-1-2-4-6-8-10-12;10-5-3-1-2-4-6-13-8-9(12)7-11/h11-12H,1-10H2;9-12H,1-8H2. The molecule has 6 heteroatoms. The van der Waals surface area contributed by atoms with E-state index in [1.165, 1.54) is 25.7 Å². The Morgan fingerprint density at radius 3 is 1.24 bits per heavy atom. The van der Waals surface area contributed by atoms with E-state index in [-0.39, 0.29) is 19.8 Å². The van der Waals surface area contributed by atoms with Crippen LogP contribution in [0.2, 0.25) is 0 Å². The normalized spacial score (nSPS) is 11.9. The predicted octanol–water partition coefficient (Wildman–Crippen LogP) is 2.00. The Kier molecular flexibility index (Phi) is 28.1. The second-order valence-corrected chi connectivity index (χ2v) is 6.32. The highest BCUT2D eigenvalue weighted by Crippen LogP contribution is 2.07. The summed E-state index contributed by atoms with van der Waals surface area (Å²) in [5.74, 6) is 0. The Labute approximate surface area is 153 Å². The third-order valence-electron chi connectivity index (χ3n) is 3.78. The molecule has 0 amide bonds. The molecule has 0 aliphatic rings. The second kappa shape index (κ2) is 26.0. The number of aliphatic hydroxyl groups is 5. The minimum absolute atomic E-state index is 0.205. The monoisotopic (exact) mass is 366 g/mol. The first kappa shape index (κ1) is 27.0. The summed E-state index contributed by atoms with van der Waals surface area (Å²) < 4.78 is 5.09. The number of rotatable bonds is 18. The minimum Gasteiger partial charge on any atom is -0.396 e. The summed E-state index contributed by atoms with van der Waals surface area (Å²) in [6, 6.07) is 0. The summed E-state index contributed by atoms with van der Waals surface area (Å²) in [5, 5.41) is 42.8. The van der Waals surface area contributed by atoms with Gasteiger partial charge in [-0.05, 0) is 25.7 Å². The molecule has 0 saturated heterocycles. The Hall–Kier alpha value is -0.240. The average Bonchev–Trinajstić information content (AvgIpc) is 2.63. The van der Waals surface area contributed by atoms with Gasteiger partial charge in [0.05, 0.1) is 13.2 Å². The van der Waals surface area contributed by atoms with Crippen molar-refractivity contribution in [2.45, 2.75) is 83.2 Å². The van der Waals surface area contributed by atoms with Crippen molar-refractivity contribution in [1.82, 2.24) is 0 Å². The van der Waals surface area contributed by atoms with Gasteiger partial charge >= 0.3 is 0 Å². The minimum atomic E-state index is -0.752. The molecular formula is C19H42O6. The van der Waals surface area contributed by atoms with Crippen molar-refractivity contribution in [1.29, 1.82) is 0 Å². The maximum Gasteiger partial charge on any atom is 0.100 e. The van der Waals surface area contributed by atoms with Gasteiger partial charge in [0.1, 0.15) is 6.10 Å². The van der Waals surface area contributed by atoms with E-state index in [1.807, 2.05) is 0 Å². The molecule has 0 rings (SSSR count). The Morgan fingerprint density at radius 2 is 0.880 bits per heavy atom. The van der Waals surface area contributed by atoms with Gasteiger partial charge in [-0.15, -0.1) is 0 Å². The fraction of sp³-hybridized carbons (Fsp3) is 1.00. The van der Waals surface area contributed by atoms with Crippen LogP contribution in [0.25, 0.3) is 0 Å². The van der Waals surface area contributed by atoms with Crippen LogP contribution in [0, 0.1) is 0 Å². The summed E-state index contributed by atoms with van der Waals surface area (Å²) in [5.41, 5.74) is 0. The number of ether oxygens (including phenoxy) is 1. The molecule has 0 aromatic heterocycles. The van der Waals surface area contributed by atoms with Crippen LogP contribution in [0.1, 0.15) is 77.0 Å². The predicted molar refractivity (Wildman–Crippen MR) is 101 cm³/mol. The highest BCUT2D eigenvalue weighted by Gasteiger charge is 2.00. The van der Waals surface area contributed by atoms with Crippen LogP contribution >= 0.6 is 0 Å². The van der Waals surface area contributed by atoms with E-state index >= 15 is 0 Å². The number of unbranched alkanes of at least 4 members (excludes halogenated alkanes) is 10. The van der Waals surface area contributed by atoms with Gasteiger partial charge in [0.2, 0.25) is 0 Å². The van der Waals surface area contributed by atoms with Crippen molar-refractivity contribution in [2.24, 2.45) is 0 Å². The molecular weight excluding hydrogens is 324 g/mol. The van der Waals surface area contributed by atoms with Crippen molar-refractivity contribution in [3.8, 4) is 0 Å². The molecule has 6 nitrogen and oxygen atoms in total. The second-order valence-electron chi connectivity index (χ2n) is 6.32. The molecule has 25 heavy (non-hydrogen) atoms. The number of hydrogen-bond acceptors (Lipinski definition) is 6. The molecule has 1 unspecified atom stereocenters. The topological polar surface area (TPSA) is 110 Å². The molecule has 0 aliphatic heterocycles. The lowest BCUT2D eigenvalue weighted by Crippen LogP contribution is -2.19. The SMILES string of the molecule is OCCCCCCCCCCO.OCCCCCCOCC(O)CO. The van der Waals surface area contributed by atoms with Crippen LogP contribution in [0.15, 0.2) is 0 Å². The lowest BCUT2D eigenvalue weighted by atomic mass is 10.1. The summed E-state index contributed by atoms with van der Waals surface area (Å²) in [6.07, 6.45) is 12.4. The van der Waals surface area contributed by atoms with E-state index in [9.17, 15) is 0 Å². The molecule has 0 spiro atoms. The highest BCUT2D eigenvalue weighted by atomic mass is 16.5. The first-order valence-corrected chi connectivity index (χ1v) is 9.92. The molecule has 0 aromatic rings. The van der Waals surface area contributed by atoms with Crippen LogP contribution in [0.3, 0.4) is 0 Å². The Balaban J connectivity index is 0. The molecule has 0 radical (unpaired) electrons. The molecule has 0 bridgehead atoms. The molecule has 1 atom stereocenters. The van der Waals surface area contributed by atoms with E-state index in [0.29, 0.717) is 19.8 Å². The molecule has 154 valence electrons. The zero-order valence-electron chi connectivity index (χ0n) is 15.9. The van der Waals surface area contributed by atoms with E-state index in [2.05, 4.69) is 0 Å². The van der Waals surface area contributed by atoms with Gasteiger partial charge in [0, 0.05) is 26.4 Å². The fourth-order valence-electron chi connectivity index (χ4n) is 2.23. The van der Waals surface area contributed by atoms with Gasteiger partial charge in [-0.3, -0.25) is 0 Å². The first-order chi connectivity index (χ1) is 12.2. The van der Waals surface area contributed by atoms with Crippen LogP contribution in [0.5, 0.6) is 0 Å². The lowest BCUT2D eigenvalue weighted by Gasteiger charge is -2.07. The zero-order valence-corrected chi connectivity index (χ0v) is 15.9. The van der Waals surface area contributed by atoms with E-state index in [0.717, 1.165) is 51.4 Å². The summed E-state index contributed by atoms with van der Waals surface area (Å²) in [6.45, 7) is 1.50. The van der Waals surface area contributed by atoms with Crippen molar-refractivity contribution in [3.05, 3.63) is 0 Å². The maximum absolute atomic E-state index is 8.89. The van der Waals surface area contributed by atoms with E-state index in [4.69, 9.17) is 30.3 Å². The largest absolute Gasteiger partial charge is 0.396 e. The Bertz CT molecular complexity index is 206. The van der Waals surface area contributed by atoms with Crippen molar-refractivity contribution < 1.29 is 30.3 Å². The van der Waals surface area contributed by atoms with Gasteiger partial charge in [-0.1, -0.05) is 51.4 Å². The molecule has 0 aromatic carbocycles. The van der Waals surface area contributed by atoms with Gasteiger partial charge in [-0.2, -0.15) is 0 Å². The Morgan fingerprint density at radius 1 is 0.520 bits per heavy atom. The maximum atomic E-state index is 8.89. The van der Waals surface area contributed by atoms with E-state index in [1.54, 1.807) is 0 Å². The van der Waals surface area contributed by atoms with Crippen molar-refractivity contribution in [2.75, 3.05) is 39.6 Å². The molecule has 5 N–H and O–H groups in total. The molecule has 0 saturated carbocycles. The fourth-order valence-corrected chi connectivity index (χ4v) is 2.23. The summed E-state index contributed by atoms with van der Waals surface area (Å²) >= 11 is 0. The van der Waals surface area contributed by atoms with E-state index < -0.39 is 6.10 Å². The highest BCUT2D eigenvalue weighted by molar-refractivity contribution is 4.49. The van der Waals surface area contributed by atoms with Crippen molar-refractivity contribution >= 4 is 0 Å². The van der Waals surface area contributed by atoms with Crippen LogP contribution in [0.4, 0.5) is 0 Å². The summed E-state index contributed by atoms with van der Waals surface area (Å²) in [7, 11) is 0. The first-order valence-electron chi connectivity index (χ1n) is 9.92. The quantitative estimate of drug-likeness (QED) is 0.237. The van der Waals surface area contributed by atoms with Crippen LogP contribution < -0.4 is 0 Å². The van der Waals surface area contributed by atoms with Gasteiger partial charge in [0.15, 0.2) is 0 Å². The number of aliphatic hydroxyl groups excluding tert-OH is 5.